The van der Waals surface area contributed by atoms with Crippen molar-refractivity contribution in [3.63, 3.8) is 0 Å². The Balaban J connectivity index is 2.17. The summed E-state index contributed by atoms with van der Waals surface area (Å²) in [4.78, 5) is 14.4. The van der Waals surface area contributed by atoms with Crippen molar-refractivity contribution in [1.29, 1.82) is 0 Å². The molecule has 5 nitrogen and oxygen atoms in total. The van der Waals surface area contributed by atoms with E-state index in [-0.39, 0.29) is 5.69 Å². The molecule has 0 saturated heterocycles. The summed E-state index contributed by atoms with van der Waals surface area (Å²) in [5.41, 5.74) is 2.94. The Labute approximate surface area is 119 Å². The molecule has 19 heavy (non-hydrogen) atoms. The molecule has 0 aliphatic heterocycles. The zero-order valence-electron chi connectivity index (χ0n) is 10.3. The minimum Gasteiger partial charge on any atom is -0.380 e. The third-order valence-corrected chi connectivity index (χ3v) is 3.47. The smallest absolute Gasteiger partial charge is 0.271 e. The third-order valence-electron chi connectivity index (χ3n) is 2.78. The molecule has 0 radical (unpaired) electrons. The molecule has 0 spiro atoms. The number of hydrogen-bond acceptors (Lipinski definition) is 4. The summed E-state index contributed by atoms with van der Waals surface area (Å²) in [6.07, 6.45) is 3.52. The Morgan fingerprint density at radius 1 is 1.42 bits per heavy atom. The van der Waals surface area contributed by atoms with Crippen LogP contribution >= 0.6 is 15.9 Å². The van der Waals surface area contributed by atoms with Crippen molar-refractivity contribution in [3.05, 3.63) is 62.4 Å². The van der Waals surface area contributed by atoms with Gasteiger partial charge >= 0.3 is 0 Å². The fourth-order valence-electron chi connectivity index (χ4n) is 1.63. The number of nitrogens with zero attached hydrogens (tertiary/aromatic N) is 2. The van der Waals surface area contributed by atoms with Gasteiger partial charge in [-0.1, -0.05) is 0 Å². The van der Waals surface area contributed by atoms with E-state index in [0.717, 1.165) is 15.6 Å². The molecule has 1 N–H and O–H groups in total. The number of non-ortho nitro benzene ring substituents is 1. The highest BCUT2D eigenvalue weighted by Crippen LogP contribution is 2.27. The summed E-state index contributed by atoms with van der Waals surface area (Å²) in [7, 11) is 0. The van der Waals surface area contributed by atoms with Gasteiger partial charge in [0.25, 0.3) is 5.69 Å². The topological polar surface area (TPSA) is 68.1 Å². The number of halogens is 1. The van der Waals surface area contributed by atoms with Gasteiger partial charge in [-0.05, 0) is 46.1 Å². The van der Waals surface area contributed by atoms with Gasteiger partial charge in [0.2, 0.25) is 0 Å². The van der Waals surface area contributed by atoms with Crippen molar-refractivity contribution in [2.75, 3.05) is 5.32 Å². The lowest BCUT2D eigenvalue weighted by Gasteiger charge is -2.10. The normalized spacial score (nSPS) is 10.2. The molecule has 0 fully saturated rings. The average molecular weight is 322 g/mol. The Bertz CT molecular complexity index is 617. The minimum absolute atomic E-state index is 0.0635. The molecule has 1 aromatic carbocycles. The maximum Gasteiger partial charge on any atom is 0.271 e. The van der Waals surface area contributed by atoms with Gasteiger partial charge in [-0.3, -0.25) is 15.1 Å². The fourth-order valence-corrected chi connectivity index (χ4v) is 2.02. The molecule has 1 aromatic heterocycles. The molecule has 0 aliphatic carbocycles. The molecule has 2 aromatic rings. The maximum atomic E-state index is 10.7. The lowest BCUT2D eigenvalue weighted by molar-refractivity contribution is -0.384. The predicted octanol–water partition coefficient (Wildman–Crippen LogP) is 3.67. The molecular weight excluding hydrogens is 310 g/mol. The number of rotatable bonds is 4. The number of benzene rings is 1. The Morgan fingerprint density at radius 3 is 2.89 bits per heavy atom. The first kappa shape index (κ1) is 13.5. The molecule has 98 valence electrons. The standard InChI is InChI=1S/C13H12BrN3O2/c1-9-4-5-15-7-10(9)8-16-13-6-11(17(18)19)2-3-12(13)14/h2-7,16H,8H2,1H3. The van der Waals surface area contributed by atoms with Crippen LogP contribution in [0.5, 0.6) is 0 Å². The Morgan fingerprint density at radius 2 is 2.21 bits per heavy atom. The third kappa shape index (κ3) is 3.29. The van der Waals surface area contributed by atoms with Gasteiger partial charge in [-0.2, -0.15) is 0 Å². The van der Waals surface area contributed by atoms with Crippen molar-refractivity contribution in [2.45, 2.75) is 13.5 Å². The lowest BCUT2D eigenvalue weighted by atomic mass is 10.1. The lowest BCUT2D eigenvalue weighted by Crippen LogP contribution is -2.03. The van der Waals surface area contributed by atoms with Gasteiger partial charge in [0.1, 0.15) is 0 Å². The van der Waals surface area contributed by atoms with E-state index in [1.54, 1.807) is 18.5 Å². The molecule has 0 bridgehead atoms. The summed E-state index contributed by atoms with van der Waals surface area (Å²) >= 11 is 3.37. The zero-order valence-corrected chi connectivity index (χ0v) is 11.8. The van der Waals surface area contributed by atoms with E-state index in [1.807, 2.05) is 13.0 Å². The molecule has 0 atom stereocenters. The van der Waals surface area contributed by atoms with Gasteiger partial charge < -0.3 is 5.32 Å². The Hall–Kier alpha value is -1.95. The monoisotopic (exact) mass is 321 g/mol. The summed E-state index contributed by atoms with van der Waals surface area (Å²) in [5.74, 6) is 0. The molecule has 2 rings (SSSR count). The zero-order chi connectivity index (χ0) is 13.8. The summed E-state index contributed by atoms with van der Waals surface area (Å²) in [6, 6.07) is 6.57. The van der Waals surface area contributed by atoms with Gasteiger partial charge in [0.15, 0.2) is 0 Å². The number of aromatic nitrogens is 1. The van der Waals surface area contributed by atoms with Crippen molar-refractivity contribution < 1.29 is 4.92 Å². The number of nitro groups is 1. The molecule has 0 amide bonds. The van der Waals surface area contributed by atoms with Crippen molar-refractivity contribution in [3.8, 4) is 0 Å². The highest BCUT2D eigenvalue weighted by atomic mass is 79.9. The van der Waals surface area contributed by atoms with Crippen LogP contribution in [0.2, 0.25) is 0 Å². The van der Waals surface area contributed by atoms with Crippen LogP contribution in [-0.2, 0) is 6.54 Å². The molecule has 1 heterocycles. The highest BCUT2D eigenvalue weighted by molar-refractivity contribution is 9.10. The summed E-state index contributed by atoms with van der Waals surface area (Å²) < 4.78 is 0.791. The maximum absolute atomic E-state index is 10.7. The Kier molecular flexibility index (Phi) is 4.11. The van der Waals surface area contributed by atoms with Crippen molar-refractivity contribution in [2.24, 2.45) is 0 Å². The first-order valence-corrected chi connectivity index (χ1v) is 6.44. The van der Waals surface area contributed by atoms with Crippen LogP contribution < -0.4 is 5.32 Å². The van der Waals surface area contributed by atoms with Crippen molar-refractivity contribution >= 4 is 27.3 Å². The highest BCUT2D eigenvalue weighted by Gasteiger charge is 2.09. The molecule has 0 unspecified atom stereocenters. The van der Waals surface area contributed by atoms with E-state index in [1.165, 1.54) is 12.1 Å². The van der Waals surface area contributed by atoms with Crippen LogP contribution in [0.1, 0.15) is 11.1 Å². The van der Waals surface area contributed by atoms with Crippen LogP contribution in [0.25, 0.3) is 0 Å². The van der Waals surface area contributed by atoms with Gasteiger partial charge in [0.05, 0.1) is 10.6 Å². The van der Waals surface area contributed by atoms with Gasteiger partial charge in [0, 0.05) is 35.5 Å². The van der Waals surface area contributed by atoms with Gasteiger partial charge in [-0.15, -0.1) is 0 Å². The first-order valence-electron chi connectivity index (χ1n) is 5.65. The van der Waals surface area contributed by atoms with E-state index >= 15 is 0 Å². The number of anilines is 1. The predicted molar refractivity (Wildman–Crippen MR) is 77.1 cm³/mol. The molecule has 6 heteroatoms. The van der Waals surface area contributed by atoms with E-state index in [4.69, 9.17) is 0 Å². The van der Waals surface area contributed by atoms with Crippen LogP contribution in [0.4, 0.5) is 11.4 Å². The van der Waals surface area contributed by atoms with Crippen LogP contribution in [0.15, 0.2) is 41.1 Å². The van der Waals surface area contributed by atoms with E-state index in [2.05, 4.69) is 26.2 Å². The molecule has 0 saturated carbocycles. The second kappa shape index (κ2) is 5.79. The number of nitrogens with one attached hydrogen (secondary N) is 1. The van der Waals surface area contributed by atoms with Gasteiger partial charge in [-0.25, -0.2) is 0 Å². The molecule has 0 aliphatic rings. The van der Waals surface area contributed by atoms with E-state index < -0.39 is 4.92 Å². The van der Waals surface area contributed by atoms with E-state index in [9.17, 15) is 10.1 Å². The number of nitro benzene ring substituents is 1. The second-order valence-electron chi connectivity index (χ2n) is 4.08. The van der Waals surface area contributed by atoms with E-state index in [0.29, 0.717) is 12.2 Å². The quantitative estimate of drug-likeness (QED) is 0.689. The average Bonchev–Trinajstić information content (AvgIpc) is 2.39. The second-order valence-corrected chi connectivity index (χ2v) is 4.93. The number of aryl methyl sites for hydroxylation is 1. The summed E-state index contributed by atoms with van der Waals surface area (Å²) in [5, 5.41) is 13.9. The minimum atomic E-state index is -0.410. The first-order chi connectivity index (χ1) is 9.08. The summed E-state index contributed by atoms with van der Waals surface area (Å²) in [6.45, 7) is 2.57. The largest absolute Gasteiger partial charge is 0.380 e. The van der Waals surface area contributed by atoms with Crippen LogP contribution in [0, 0.1) is 17.0 Å². The number of pyridine rings is 1. The van der Waals surface area contributed by atoms with Crippen LogP contribution in [0.3, 0.4) is 0 Å². The SMILES string of the molecule is Cc1ccncc1CNc1cc([N+](=O)[O-])ccc1Br. The van der Waals surface area contributed by atoms with Crippen LogP contribution in [-0.4, -0.2) is 9.91 Å². The fraction of sp³-hybridized carbons (Fsp3) is 0.154. The number of hydrogen-bond donors (Lipinski definition) is 1. The van der Waals surface area contributed by atoms with Crippen molar-refractivity contribution in [1.82, 2.24) is 4.98 Å². The molecular formula is C13H12BrN3O2.